The van der Waals surface area contributed by atoms with Crippen molar-refractivity contribution in [1.29, 1.82) is 0 Å². The fraction of sp³-hybridized carbons (Fsp3) is 0.302. The summed E-state index contributed by atoms with van der Waals surface area (Å²) in [5, 5.41) is 0. The molecule has 3 aromatic carbocycles. The molecule has 0 N–H and O–H groups in total. The van der Waals surface area contributed by atoms with Gasteiger partial charge < -0.3 is 0 Å². The molecule has 218 valence electrons. The maximum Gasteiger partial charge on any atom is 0.0158 e. The highest BCUT2D eigenvalue weighted by Gasteiger charge is 2.30. The molecule has 3 aliphatic carbocycles. The van der Waals surface area contributed by atoms with Crippen molar-refractivity contribution >= 4 is 0 Å². The molecule has 0 amide bonds. The van der Waals surface area contributed by atoms with Crippen molar-refractivity contribution in [3.8, 4) is 11.1 Å². The van der Waals surface area contributed by atoms with Gasteiger partial charge in [-0.1, -0.05) is 138 Å². The second-order valence-electron chi connectivity index (χ2n) is 13.2. The number of allylic oxidation sites excluding steroid dienone is 12. The van der Waals surface area contributed by atoms with Crippen molar-refractivity contribution in [2.45, 2.75) is 65.7 Å². The first-order valence-corrected chi connectivity index (χ1v) is 16.2. The van der Waals surface area contributed by atoms with Crippen LogP contribution in [0.4, 0.5) is 0 Å². The molecule has 0 saturated heterocycles. The highest BCUT2D eigenvalue weighted by Crippen LogP contribution is 2.44. The van der Waals surface area contributed by atoms with Crippen molar-refractivity contribution in [3.05, 3.63) is 166 Å². The summed E-state index contributed by atoms with van der Waals surface area (Å²) in [6.07, 6.45) is 26.8. The topological polar surface area (TPSA) is 0 Å². The van der Waals surface area contributed by atoms with Gasteiger partial charge in [0.1, 0.15) is 0 Å². The van der Waals surface area contributed by atoms with E-state index in [9.17, 15) is 0 Å². The van der Waals surface area contributed by atoms with Crippen molar-refractivity contribution in [2.24, 2.45) is 17.8 Å². The summed E-state index contributed by atoms with van der Waals surface area (Å²) in [5.41, 5.74) is 13.8. The van der Waals surface area contributed by atoms with Gasteiger partial charge in [0.05, 0.1) is 0 Å². The molecule has 0 fully saturated rings. The van der Waals surface area contributed by atoms with E-state index in [0.717, 1.165) is 19.3 Å². The lowest BCUT2D eigenvalue weighted by molar-refractivity contribution is 0.400. The van der Waals surface area contributed by atoms with Crippen LogP contribution in [0.2, 0.25) is 0 Å². The summed E-state index contributed by atoms with van der Waals surface area (Å²) in [6.45, 7) is 11.3. The van der Waals surface area contributed by atoms with Gasteiger partial charge in [-0.15, -0.1) is 0 Å². The molecule has 0 aliphatic heterocycles. The van der Waals surface area contributed by atoms with Gasteiger partial charge in [-0.25, -0.2) is 0 Å². The largest absolute Gasteiger partial charge is 0.0839 e. The van der Waals surface area contributed by atoms with E-state index in [1.54, 1.807) is 0 Å². The van der Waals surface area contributed by atoms with E-state index in [1.807, 2.05) is 0 Å². The highest BCUT2D eigenvalue weighted by atomic mass is 14.3. The summed E-state index contributed by atoms with van der Waals surface area (Å²) in [6, 6.07) is 23.5. The van der Waals surface area contributed by atoms with Gasteiger partial charge in [-0.3, -0.25) is 0 Å². The van der Waals surface area contributed by atoms with E-state index in [1.165, 1.54) is 55.7 Å². The first-order valence-electron chi connectivity index (χ1n) is 16.2. The normalized spacial score (nSPS) is 22.7. The lowest BCUT2D eigenvalue weighted by Gasteiger charge is -2.34. The van der Waals surface area contributed by atoms with Gasteiger partial charge in [-0.05, 0) is 116 Å². The SMILES string of the molecule is CC1=CCC(C(c2ccc(-c3ccc(C(c4cccc(C)c4)C4C=CC=CC4)c(C)c3)cc2C)C2C=C(C)C=CC2)C=C1. The van der Waals surface area contributed by atoms with Gasteiger partial charge in [0, 0.05) is 5.92 Å². The zero-order valence-corrected chi connectivity index (χ0v) is 26.6. The van der Waals surface area contributed by atoms with Gasteiger partial charge in [-0.2, -0.15) is 0 Å². The molecule has 0 heterocycles. The van der Waals surface area contributed by atoms with Gasteiger partial charge in [0.15, 0.2) is 0 Å². The van der Waals surface area contributed by atoms with Crippen molar-refractivity contribution < 1.29 is 0 Å². The zero-order chi connectivity index (χ0) is 29.9. The van der Waals surface area contributed by atoms with Gasteiger partial charge in [0.2, 0.25) is 0 Å². The number of benzene rings is 3. The maximum absolute atomic E-state index is 2.51. The summed E-state index contributed by atoms with van der Waals surface area (Å²) < 4.78 is 0. The summed E-state index contributed by atoms with van der Waals surface area (Å²) in [5.74, 6) is 2.35. The van der Waals surface area contributed by atoms with Crippen LogP contribution in [0, 0.1) is 38.5 Å². The Morgan fingerprint density at radius 2 is 1.35 bits per heavy atom. The molecule has 0 radical (unpaired) electrons. The highest BCUT2D eigenvalue weighted by molar-refractivity contribution is 5.67. The number of hydrogen-bond donors (Lipinski definition) is 0. The predicted molar refractivity (Wildman–Crippen MR) is 186 cm³/mol. The van der Waals surface area contributed by atoms with Crippen LogP contribution in [0.25, 0.3) is 11.1 Å². The molecule has 5 atom stereocenters. The van der Waals surface area contributed by atoms with Crippen LogP contribution >= 0.6 is 0 Å². The van der Waals surface area contributed by atoms with Crippen LogP contribution in [0.5, 0.6) is 0 Å². The average Bonchev–Trinajstić information content (AvgIpc) is 3.01. The Kier molecular flexibility index (Phi) is 8.66. The molecule has 5 unspecified atom stereocenters. The first-order chi connectivity index (χ1) is 20.9. The van der Waals surface area contributed by atoms with E-state index < -0.39 is 0 Å². The summed E-state index contributed by atoms with van der Waals surface area (Å²) in [7, 11) is 0. The van der Waals surface area contributed by atoms with Crippen LogP contribution in [0.15, 0.2) is 133 Å². The molecule has 43 heavy (non-hydrogen) atoms. The molecule has 0 saturated carbocycles. The molecule has 0 aromatic heterocycles. The van der Waals surface area contributed by atoms with Gasteiger partial charge >= 0.3 is 0 Å². The van der Waals surface area contributed by atoms with E-state index in [-0.39, 0.29) is 0 Å². The fourth-order valence-corrected chi connectivity index (χ4v) is 7.71. The van der Waals surface area contributed by atoms with E-state index >= 15 is 0 Å². The van der Waals surface area contributed by atoms with Gasteiger partial charge in [0.25, 0.3) is 0 Å². The molecular weight excluding hydrogens is 516 g/mol. The third-order valence-corrected chi connectivity index (χ3v) is 9.92. The Hall–Kier alpha value is -3.90. The van der Waals surface area contributed by atoms with E-state index in [2.05, 4.69) is 156 Å². The minimum absolute atomic E-state index is 0.349. The Bertz CT molecular complexity index is 1670. The van der Waals surface area contributed by atoms with E-state index in [0.29, 0.717) is 29.6 Å². The van der Waals surface area contributed by atoms with Crippen LogP contribution < -0.4 is 0 Å². The molecule has 3 aliphatic rings. The number of hydrogen-bond acceptors (Lipinski definition) is 0. The summed E-state index contributed by atoms with van der Waals surface area (Å²) >= 11 is 0. The Morgan fingerprint density at radius 1 is 0.605 bits per heavy atom. The zero-order valence-electron chi connectivity index (χ0n) is 26.6. The third-order valence-electron chi connectivity index (χ3n) is 9.92. The lowest BCUT2D eigenvalue weighted by Crippen LogP contribution is -2.22. The Morgan fingerprint density at radius 3 is 1.98 bits per heavy atom. The number of aryl methyl sites for hydroxylation is 3. The third kappa shape index (κ3) is 6.40. The van der Waals surface area contributed by atoms with Crippen LogP contribution in [-0.2, 0) is 0 Å². The monoisotopic (exact) mass is 562 g/mol. The lowest BCUT2D eigenvalue weighted by atomic mass is 9.70. The van der Waals surface area contributed by atoms with Crippen molar-refractivity contribution in [1.82, 2.24) is 0 Å². The average molecular weight is 563 g/mol. The minimum Gasteiger partial charge on any atom is -0.0839 e. The molecule has 0 bridgehead atoms. The van der Waals surface area contributed by atoms with Crippen LogP contribution in [-0.4, -0.2) is 0 Å². The fourth-order valence-electron chi connectivity index (χ4n) is 7.71. The second kappa shape index (κ2) is 12.8. The van der Waals surface area contributed by atoms with Crippen molar-refractivity contribution in [2.75, 3.05) is 0 Å². The standard InChI is InChI=1S/C43H46/c1-29-17-19-35(20-18-29)43(39-16-10-12-31(3)26-39)41-24-22-37(28-33(41)5)36-21-23-40(32(4)27-36)42(34-13-7-6-8-14-34)38-15-9-11-30(2)25-38/h6-13,15,17-19,21-28,34-35,39,42-43H,14,16,20H2,1-5H3. The smallest absolute Gasteiger partial charge is 0.0158 e. The minimum atomic E-state index is 0.349. The molecule has 0 nitrogen and oxygen atoms in total. The molecule has 0 spiro atoms. The van der Waals surface area contributed by atoms with Crippen LogP contribution in [0.3, 0.4) is 0 Å². The second-order valence-corrected chi connectivity index (χ2v) is 13.2. The molecule has 0 heteroatoms. The molecular formula is C43H46. The Labute approximate surface area is 260 Å². The first kappa shape index (κ1) is 29.2. The van der Waals surface area contributed by atoms with Crippen molar-refractivity contribution in [3.63, 3.8) is 0 Å². The molecule has 3 aromatic rings. The van der Waals surface area contributed by atoms with Crippen LogP contribution in [0.1, 0.15) is 78.3 Å². The maximum atomic E-state index is 2.51. The quantitative estimate of drug-likeness (QED) is 0.269. The Balaban J connectivity index is 1.33. The predicted octanol–water partition coefficient (Wildman–Crippen LogP) is 11.7. The molecule has 6 rings (SSSR count). The summed E-state index contributed by atoms with van der Waals surface area (Å²) in [4.78, 5) is 0. The van der Waals surface area contributed by atoms with E-state index in [4.69, 9.17) is 0 Å². The number of rotatable bonds is 7.